The summed E-state index contributed by atoms with van der Waals surface area (Å²) in [5, 5.41) is 0.516. The van der Waals surface area contributed by atoms with Gasteiger partial charge in [0, 0.05) is 25.0 Å². The predicted octanol–water partition coefficient (Wildman–Crippen LogP) is 2.93. The van der Waals surface area contributed by atoms with Crippen molar-refractivity contribution >= 4 is 32.6 Å². The van der Waals surface area contributed by atoms with Gasteiger partial charge in [-0.1, -0.05) is 31.3 Å². The number of carbonyl (C=O) groups is 1. The van der Waals surface area contributed by atoms with Crippen LogP contribution in [0.2, 0.25) is 0 Å². The summed E-state index contributed by atoms with van der Waals surface area (Å²) in [6.07, 6.45) is 1.18. The van der Waals surface area contributed by atoms with E-state index in [9.17, 15) is 4.79 Å². The van der Waals surface area contributed by atoms with Gasteiger partial charge < -0.3 is 15.5 Å². The highest BCUT2D eigenvalue weighted by Crippen LogP contribution is 2.63. The lowest BCUT2D eigenvalue weighted by molar-refractivity contribution is -0.0789. The van der Waals surface area contributed by atoms with Crippen LogP contribution in [0.3, 0.4) is 0 Å². The highest BCUT2D eigenvalue weighted by atomic mass is 32.1. The van der Waals surface area contributed by atoms with Gasteiger partial charge in [0.1, 0.15) is 0 Å². The van der Waals surface area contributed by atoms with Gasteiger partial charge in [-0.3, -0.25) is 4.79 Å². The number of nitrogen functional groups attached to an aromatic ring is 1. The van der Waals surface area contributed by atoms with Gasteiger partial charge >= 0.3 is 0 Å². The maximum atomic E-state index is 13.3. The summed E-state index contributed by atoms with van der Waals surface area (Å²) in [6.45, 7) is 7.42. The average Bonchev–Trinajstić information content (AvgIpc) is 3.02. The standard InChI is InChI=1S/C19H26N4OS/c1-18(2)9-19(10-22(3)4)11-23(8-14(18)19)16(24)12-6-5-7-13-15(12)25-17(20)21-13/h5-7,14H,8-11H2,1-4H3,(H2,20,21)/t14-,19+/m1/s1. The molecule has 2 fully saturated rings. The lowest BCUT2D eigenvalue weighted by Crippen LogP contribution is -2.57. The van der Waals surface area contributed by atoms with E-state index in [0.717, 1.165) is 35.4 Å². The normalized spacial score (nSPS) is 27.6. The van der Waals surface area contributed by atoms with Crippen LogP contribution in [0.25, 0.3) is 10.2 Å². The first-order chi connectivity index (χ1) is 11.7. The fourth-order valence-corrected chi connectivity index (χ4v) is 6.27. The van der Waals surface area contributed by atoms with E-state index >= 15 is 0 Å². The quantitative estimate of drug-likeness (QED) is 0.916. The van der Waals surface area contributed by atoms with Crippen LogP contribution in [0, 0.1) is 16.7 Å². The van der Waals surface area contributed by atoms with Crippen LogP contribution in [-0.2, 0) is 0 Å². The molecule has 2 aliphatic rings. The first-order valence-electron chi connectivity index (χ1n) is 8.81. The third-order valence-electron chi connectivity index (χ3n) is 5.98. The van der Waals surface area contributed by atoms with Crippen LogP contribution >= 0.6 is 11.3 Å². The summed E-state index contributed by atoms with van der Waals surface area (Å²) in [4.78, 5) is 21.9. The van der Waals surface area contributed by atoms with E-state index in [-0.39, 0.29) is 11.3 Å². The topological polar surface area (TPSA) is 62.5 Å². The van der Waals surface area contributed by atoms with Gasteiger partial charge in [0.2, 0.25) is 0 Å². The third kappa shape index (κ3) is 2.54. The SMILES string of the molecule is CN(C)C[C@@]12CN(C(=O)c3cccc4nc(N)sc34)C[C@@H]1C(C)(C)C2. The largest absolute Gasteiger partial charge is 0.375 e. The van der Waals surface area contributed by atoms with Crippen molar-refractivity contribution in [2.45, 2.75) is 20.3 Å². The Morgan fingerprint density at radius 1 is 1.44 bits per heavy atom. The molecule has 1 aromatic heterocycles. The van der Waals surface area contributed by atoms with E-state index in [4.69, 9.17) is 5.73 Å². The van der Waals surface area contributed by atoms with Crippen molar-refractivity contribution in [1.29, 1.82) is 0 Å². The molecule has 1 saturated heterocycles. The average molecular weight is 359 g/mol. The molecule has 1 saturated carbocycles. The summed E-state index contributed by atoms with van der Waals surface area (Å²) in [7, 11) is 4.25. The molecule has 5 nitrogen and oxygen atoms in total. The van der Waals surface area contributed by atoms with Crippen LogP contribution in [0.15, 0.2) is 18.2 Å². The maximum Gasteiger partial charge on any atom is 0.255 e. The molecule has 25 heavy (non-hydrogen) atoms. The number of carbonyl (C=O) groups excluding carboxylic acids is 1. The molecular formula is C19H26N4OS. The Morgan fingerprint density at radius 3 is 2.88 bits per heavy atom. The Labute approximate surface area is 152 Å². The van der Waals surface area contributed by atoms with Crippen molar-refractivity contribution in [2.24, 2.45) is 16.7 Å². The third-order valence-corrected chi connectivity index (χ3v) is 6.91. The number of likely N-dealkylation sites (tertiary alicyclic amines) is 1. The van der Waals surface area contributed by atoms with Crippen LogP contribution in [0.5, 0.6) is 0 Å². The summed E-state index contributed by atoms with van der Waals surface area (Å²) in [5.41, 5.74) is 7.97. The number of nitrogens with two attached hydrogens (primary N) is 1. The Balaban J connectivity index is 1.65. The molecule has 1 amide bonds. The van der Waals surface area contributed by atoms with Crippen LogP contribution in [0.4, 0.5) is 5.13 Å². The molecule has 0 bridgehead atoms. The van der Waals surface area contributed by atoms with E-state index in [2.05, 4.69) is 42.7 Å². The highest BCUT2D eigenvalue weighted by Gasteiger charge is 2.63. The Kier molecular flexibility index (Phi) is 3.64. The van der Waals surface area contributed by atoms with Gasteiger partial charge in [-0.2, -0.15) is 0 Å². The zero-order chi connectivity index (χ0) is 18.0. The van der Waals surface area contributed by atoms with Crippen LogP contribution in [-0.4, -0.2) is 54.4 Å². The van der Waals surface area contributed by atoms with E-state index in [0.29, 0.717) is 16.5 Å². The Morgan fingerprint density at radius 2 is 2.20 bits per heavy atom. The smallest absolute Gasteiger partial charge is 0.255 e. The molecule has 2 heterocycles. The van der Waals surface area contributed by atoms with Crippen molar-refractivity contribution in [2.75, 3.05) is 39.5 Å². The highest BCUT2D eigenvalue weighted by molar-refractivity contribution is 7.22. The number of amides is 1. The minimum absolute atomic E-state index is 0.123. The molecule has 2 N–H and O–H groups in total. The first-order valence-corrected chi connectivity index (χ1v) is 9.63. The number of anilines is 1. The monoisotopic (exact) mass is 358 g/mol. The van der Waals surface area contributed by atoms with E-state index in [1.54, 1.807) is 0 Å². The number of nitrogens with zero attached hydrogens (tertiary/aromatic N) is 3. The number of fused-ring (bicyclic) bond motifs is 2. The Hall–Kier alpha value is -1.66. The summed E-state index contributed by atoms with van der Waals surface area (Å²) >= 11 is 1.40. The van der Waals surface area contributed by atoms with E-state index in [1.165, 1.54) is 17.8 Å². The first kappa shape index (κ1) is 16.8. The second kappa shape index (κ2) is 5.42. The number of thiazole rings is 1. The van der Waals surface area contributed by atoms with Gasteiger partial charge in [0.05, 0.1) is 15.8 Å². The van der Waals surface area contributed by atoms with Crippen molar-refractivity contribution < 1.29 is 4.79 Å². The van der Waals surface area contributed by atoms with Gasteiger partial charge in [-0.25, -0.2) is 4.98 Å². The molecule has 0 unspecified atom stereocenters. The molecule has 134 valence electrons. The lowest BCUT2D eigenvalue weighted by atomic mass is 9.48. The molecule has 6 heteroatoms. The number of rotatable bonds is 3. The van der Waals surface area contributed by atoms with Gasteiger partial charge in [0.15, 0.2) is 5.13 Å². The number of aromatic nitrogens is 1. The minimum Gasteiger partial charge on any atom is -0.375 e. The van der Waals surface area contributed by atoms with Crippen LogP contribution in [0.1, 0.15) is 30.6 Å². The molecule has 2 aromatic rings. The molecule has 0 spiro atoms. The molecule has 0 radical (unpaired) electrons. The number of hydrogen-bond acceptors (Lipinski definition) is 5. The molecular weight excluding hydrogens is 332 g/mol. The van der Waals surface area contributed by atoms with Gasteiger partial charge in [-0.15, -0.1) is 0 Å². The zero-order valence-corrected chi connectivity index (χ0v) is 16.2. The van der Waals surface area contributed by atoms with E-state index in [1.807, 2.05) is 18.2 Å². The van der Waals surface area contributed by atoms with Crippen molar-refractivity contribution in [3.8, 4) is 0 Å². The summed E-state index contributed by atoms with van der Waals surface area (Å²) in [5.74, 6) is 0.690. The molecule has 2 atom stereocenters. The second-order valence-corrected chi connectivity index (χ2v) is 9.74. The van der Waals surface area contributed by atoms with Crippen molar-refractivity contribution in [3.63, 3.8) is 0 Å². The number of hydrogen-bond donors (Lipinski definition) is 1. The van der Waals surface area contributed by atoms with Gasteiger partial charge in [-0.05, 0) is 44.0 Å². The molecule has 4 rings (SSSR count). The molecule has 1 aromatic carbocycles. The molecule has 1 aliphatic carbocycles. The minimum atomic E-state index is 0.123. The van der Waals surface area contributed by atoms with Crippen molar-refractivity contribution in [1.82, 2.24) is 14.8 Å². The molecule has 1 aliphatic heterocycles. The van der Waals surface area contributed by atoms with Gasteiger partial charge in [0.25, 0.3) is 5.91 Å². The summed E-state index contributed by atoms with van der Waals surface area (Å²) < 4.78 is 0.908. The predicted molar refractivity (Wildman–Crippen MR) is 103 cm³/mol. The second-order valence-electron chi connectivity index (χ2n) is 8.71. The fraction of sp³-hybridized carbons (Fsp3) is 0.579. The van der Waals surface area contributed by atoms with Crippen LogP contribution < -0.4 is 5.73 Å². The van der Waals surface area contributed by atoms with E-state index < -0.39 is 0 Å². The maximum absolute atomic E-state index is 13.3. The fourth-order valence-electron chi connectivity index (χ4n) is 5.43. The zero-order valence-electron chi connectivity index (χ0n) is 15.4. The number of benzene rings is 1. The lowest BCUT2D eigenvalue weighted by Gasteiger charge is -2.57. The van der Waals surface area contributed by atoms with Crippen molar-refractivity contribution in [3.05, 3.63) is 23.8 Å². The summed E-state index contributed by atoms with van der Waals surface area (Å²) in [6, 6.07) is 5.73. The Bertz CT molecular complexity index is 839.